The monoisotopic (exact) mass is 525 g/mol. The number of nitrogens with zero attached hydrogens (tertiary/aromatic N) is 3. The van der Waals surface area contributed by atoms with E-state index >= 15 is 0 Å². The molecule has 9 heteroatoms. The van der Waals surface area contributed by atoms with Gasteiger partial charge in [-0.25, -0.2) is 4.99 Å². The van der Waals surface area contributed by atoms with Crippen molar-refractivity contribution >= 4 is 35.8 Å². The molecule has 2 atom stereocenters. The SMILES string of the molecule is CCN1CCCC1CNC(=NCC(=O)N(C)C)NCCCOCC1CCOC1.I. The molecular weight excluding hydrogens is 485 g/mol. The van der Waals surface area contributed by atoms with E-state index in [0.717, 1.165) is 58.9 Å². The first kappa shape index (κ1) is 26.4. The van der Waals surface area contributed by atoms with Crippen molar-refractivity contribution in [3.63, 3.8) is 0 Å². The van der Waals surface area contributed by atoms with Gasteiger partial charge in [-0.2, -0.15) is 0 Å². The van der Waals surface area contributed by atoms with E-state index in [1.165, 1.54) is 19.4 Å². The van der Waals surface area contributed by atoms with E-state index in [2.05, 4.69) is 27.4 Å². The van der Waals surface area contributed by atoms with Crippen molar-refractivity contribution in [1.82, 2.24) is 20.4 Å². The van der Waals surface area contributed by atoms with Crippen LogP contribution in [0.3, 0.4) is 0 Å². The van der Waals surface area contributed by atoms with E-state index in [1.54, 1.807) is 19.0 Å². The Hall–Kier alpha value is -0.650. The van der Waals surface area contributed by atoms with Crippen LogP contribution in [-0.2, 0) is 14.3 Å². The van der Waals surface area contributed by atoms with Crippen LogP contribution in [0.25, 0.3) is 0 Å². The van der Waals surface area contributed by atoms with Crippen molar-refractivity contribution in [2.75, 3.05) is 73.2 Å². The van der Waals surface area contributed by atoms with Crippen LogP contribution in [0.5, 0.6) is 0 Å². The van der Waals surface area contributed by atoms with Crippen molar-refractivity contribution in [2.24, 2.45) is 10.9 Å². The lowest BCUT2D eigenvalue weighted by Crippen LogP contribution is -2.45. The second-order valence-electron chi connectivity index (χ2n) is 7.84. The first-order chi connectivity index (χ1) is 13.6. The number of hydrogen-bond donors (Lipinski definition) is 2. The number of carbonyl (C=O) groups is 1. The predicted molar refractivity (Wildman–Crippen MR) is 127 cm³/mol. The molecule has 0 radical (unpaired) electrons. The third kappa shape index (κ3) is 10.3. The van der Waals surface area contributed by atoms with E-state index in [0.29, 0.717) is 17.9 Å². The fourth-order valence-corrected chi connectivity index (χ4v) is 3.57. The molecule has 2 fully saturated rings. The number of carbonyl (C=O) groups excluding carboxylic acids is 1. The van der Waals surface area contributed by atoms with Gasteiger partial charge in [-0.1, -0.05) is 6.92 Å². The van der Waals surface area contributed by atoms with Crippen LogP contribution >= 0.6 is 24.0 Å². The molecule has 2 N–H and O–H groups in total. The highest BCUT2D eigenvalue weighted by atomic mass is 127. The number of aliphatic imine (C=N–C) groups is 1. The van der Waals surface area contributed by atoms with Crippen LogP contribution in [0.15, 0.2) is 4.99 Å². The van der Waals surface area contributed by atoms with Crippen molar-refractivity contribution in [1.29, 1.82) is 0 Å². The van der Waals surface area contributed by atoms with Gasteiger partial charge in [0.05, 0.1) is 13.2 Å². The van der Waals surface area contributed by atoms with Crippen molar-refractivity contribution in [2.45, 2.75) is 38.6 Å². The van der Waals surface area contributed by atoms with Crippen LogP contribution < -0.4 is 10.6 Å². The Morgan fingerprint density at radius 3 is 2.83 bits per heavy atom. The lowest BCUT2D eigenvalue weighted by molar-refractivity contribution is -0.127. The van der Waals surface area contributed by atoms with Gasteiger partial charge in [-0.3, -0.25) is 9.69 Å². The Labute approximate surface area is 193 Å². The van der Waals surface area contributed by atoms with Crippen molar-refractivity contribution < 1.29 is 14.3 Å². The Balaban J connectivity index is 0.00000420. The molecule has 0 spiro atoms. The maximum Gasteiger partial charge on any atom is 0.243 e. The number of likely N-dealkylation sites (N-methyl/N-ethyl adjacent to an activating group) is 2. The zero-order valence-electron chi connectivity index (χ0n) is 18.3. The third-order valence-corrected chi connectivity index (χ3v) is 5.42. The van der Waals surface area contributed by atoms with Crippen LogP contribution in [-0.4, -0.2) is 101 Å². The van der Waals surface area contributed by atoms with Gasteiger partial charge in [0.15, 0.2) is 5.96 Å². The number of likely N-dealkylation sites (tertiary alicyclic amines) is 1. The Kier molecular flexibility index (Phi) is 13.8. The Bertz CT molecular complexity index is 487. The Morgan fingerprint density at radius 2 is 2.14 bits per heavy atom. The number of nitrogens with one attached hydrogen (secondary N) is 2. The van der Waals surface area contributed by atoms with Gasteiger partial charge in [0.2, 0.25) is 5.91 Å². The molecule has 0 aliphatic carbocycles. The molecule has 2 saturated heterocycles. The number of guanidine groups is 1. The molecule has 8 nitrogen and oxygen atoms in total. The number of halogens is 1. The second kappa shape index (κ2) is 15.2. The van der Waals surface area contributed by atoms with Gasteiger partial charge in [-0.05, 0) is 38.8 Å². The highest BCUT2D eigenvalue weighted by Crippen LogP contribution is 2.15. The number of hydrogen-bond acceptors (Lipinski definition) is 5. The summed E-state index contributed by atoms with van der Waals surface area (Å²) in [7, 11) is 3.51. The smallest absolute Gasteiger partial charge is 0.243 e. The number of amides is 1. The molecule has 0 saturated carbocycles. The summed E-state index contributed by atoms with van der Waals surface area (Å²) in [5, 5.41) is 6.77. The standard InChI is InChI=1S/C20H39N5O3.HI/c1-4-25-10-5-7-18(25)13-22-20(23-14-19(26)24(2)3)21-9-6-11-27-15-17-8-12-28-16-17;/h17-18H,4-16H2,1-3H3,(H2,21,22,23);1H. The van der Waals surface area contributed by atoms with Crippen LogP contribution in [0.1, 0.15) is 32.6 Å². The normalized spacial score (nSPS) is 22.4. The molecule has 0 bridgehead atoms. The summed E-state index contributed by atoms with van der Waals surface area (Å²) in [5.74, 6) is 1.26. The van der Waals surface area contributed by atoms with Gasteiger partial charge >= 0.3 is 0 Å². The average molecular weight is 525 g/mol. The maximum atomic E-state index is 11.9. The number of rotatable bonds is 11. The van der Waals surface area contributed by atoms with Gasteiger partial charge < -0.3 is 25.0 Å². The molecule has 2 heterocycles. The van der Waals surface area contributed by atoms with Crippen molar-refractivity contribution in [3.05, 3.63) is 0 Å². The largest absolute Gasteiger partial charge is 0.381 e. The summed E-state index contributed by atoms with van der Waals surface area (Å²) in [6.45, 7) is 9.43. The average Bonchev–Trinajstić information content (AvgIpc) is 3.36. The molecule has 0 aromatic carbocycles. The van der Waals surface area contributed by atoms with Crippen LogP contribution in [0.2, 0.25) is 0 Å². The zero-order valence-corrected chi connectivity index (χ0v) is 20.7. The molecule has 2 aliphatic heterocycles. The quantitative estimate of drug-likeness (QED) is 0.183. The van der Waals surface area contributed by atoms with E-state index < -0.39 is 0 Å². The lowest BCUT2D eigenvalue weighted by atomic mass is 10.1. The third-order valence-electron chi connectivity index (χ3n) is 5.42. The molecule has 29 heavy (non-hydrogen) atoms. The summed E-state index contributed by atoms with van der Waals surface area (Å²) in [6.07, 6.45) is 4.47. The fraction of sp³-hybridized carbons (Fsp3) is 0.900. The molecule has 2 rings (SSSR count). The van der Waals surface area contributed by atoms with E-state index in [-0.39, 0.29) is 36.4 Å². The van der Waals surface area contributed by atoms with E-state index in [4.69, 9.17) is 9.47 Å². The summed E-state index contributed by atoms with van der Waals surface area (Å²) < 4.78 is 11.1. The molecular formula is C20H40IN5O3. The lowest BCUT2D eigenvalue weighted by Gasteiger charge is -2.24. The van der Waals surface area contributed by atoms with Gasteiger partial charge in [0, 0.05) is 52.4 Å². The maximum absolute atomic E-state index is 11.9. The Morgan fingerprint density at radius 1 is 1.31 bits per heavy atom. The summed E-state index contributed by atoms with van der Waals surface area (Å²) in [5.41, 5.74) is 0. The second-order valence-corrected chi connectivity index (χ2v) is 7.84. The topological polar surface area (TPSA) is 78.4 Å². The minimum Gasteiger partial charge on any atom is -0.381 e. The predicted octanol–water partition coefficient (Wildman–Crippen LogP) is 1.16. The van der Waals surface area contributed by atoms with E-state index in [9.17, 15) is 4.79 Å². The van der Waals surface area contributed by atoms with Gasteiger partial charge in [0.25, 0.3) is 0 Å². The zero-order chi connectivity index (χ0) is 20.2. The fourth-order valence-electron chi connectivity index (χ4n) is 3.57. The summed E-state index contributed by atoms with van der Waals surface area (Å²) >= 11 is 0. The minimum atomic E-state index is -0.000679. The highest BCUT2D eigenvalue weighted by molar-refractivity contribution is 14.0. The van der Waals surface area contributed by atoms with Gasteiger partial charge in [0.1, 0.15) is 6.54 Å². The first-order valence-electron chi connectivity index (χ1n) is 10.7. The van der Waals surface area contributed by atoms with Crippen molar-refractivity contribution in [3.8, 4) is 0 Å². The van der Waals surface area contributed by atoms with E-state index in [1.807, 2.05) is 0 Å². The molecule has 0 aromatic rings. The molecule has 0 aromatic heterocycles. The summed E-state index contributed by atoms with van der Waals surface area (Å²) in [4.78, 5) is 20.4. The van der Waals surface area contributed by atoms with Crippen LogP contribution in [0, 0.1) is 5.92 Å². The van der Waals surface area contributed by atoms with Crippen LogP contribution in [0.4, 0.5) is 0 Å². The minimum absolute atomic E-state index is 0. The highest BCUT2D eigenvalue weighted by Gasteiger charge is 2.22. The molecule has 2 aliphatic rings. The summed E-state index contributed by atoms with van der Waals surface area (Å²) in [6, 6.07) is 0.540. The van der Waals surface area contributed by atoms with Gasteiger partial charge in [-0.15, -0.1) is 24.0 Å². The number of ether oxygens (including phenoxy) is 2. The molecule has 1 amide bonds. The first-order valence-corrected chi connectivity index (χ1v) is 10.7. The molecule has 170 valence electrons. The molecule has 2 unspecified atom stereocenters.